The number of nitrogens with zero attached hydrogens (tertiary/aromatic N) is 5. The molecule has 1 aliphatic rings. The highest BCUT2D eigenvalue weighted by atomic mass is 19.4. The van der Waals surface area contributed by atoms with Crippen LogP contribution in [0.4, 0.5) is 23.5 Å². The van der Waals surface area contributed by atoms with E-state index in [1.54, 1.807) is 0 Å². The highest BCUT2D eigenvalue weighted by molar-refractivity contribution is 5.73. The number of aromatic nitrogens is 6. The minimum absolute atomic E-state index is 0.0143. The fraction of sp³-hybridized carbons (Fsp3) is 0.467. The minimum atomic E-state index is -4.55. The summed E-state index contributed by atoms with van der Waals surface area (Å²) in [5.41, 5.74) is 0.560. The van der Waals surface area contributed by atoms with Crippen LogP contribution in [-0.4, -0.2) is 68.0 Å². The van der Waals surface area contributed by atoms with Crippen LogP contribution in [0.3, 0.4) is 0 Å². The molecule has 3 aromatic heterocycles. The maximum absolute atomic E-state index is 13.9. The van der Waals surface area contributed by atoms with E-state index in [1.807, 2.05) is 0 Å². The lowest BCUT2D eigenvalue weighted by Gasteiger charge is -2.26. The molecule has 1 aliphatic heterocycles. The van der Waals surface area contributed by atoms with Crippen molar-refractivity contribution in [3.05, 3.63) is 18.7 Å². The smallest absolute Gasteiger partial charge is 0.422 e. The number of hydrogen-bond donors (Lipinski definition) is 2. The summed E-state index contributed by atoms with van der Waals surface area (Å²) >= 11 is 0. The van der Waals surface area contributed by atoms with E-state index in [0.717, 1.165) is 0 Å². The third kappa shape index (κ3) is 3.83. The Bertz CT molecular complexity index is 944. The van der Waals surface area contributed by atoms with Gasteiger partial charge in [0.2, 0.25) is 11.6 Å². The number of aromatic amines is 1. The van der Waals surface area contributed by atoms with Crippen LogP contribution < -0.4 is 10.1 Å². The molecule has 0 saturated carbocycles. The van der Waals surface area contributed by atoms with Crippen molar-refractivity contribution in [2.75, 3.05) is 25.1 Å². The Morgan fingerprint density at radius 3 is 2.96 bits per heavy atom. The van der Waals surface area contributed by atoms with Gasteiger partial charge in [0.15, 0.2) is 12.4 Å². The summed E-state index contributed by atoms with van der Waals surface area (Å²) in [7, 11) is 0. The standard InChI is InChI=1S/C15H15F4N7O2/c16-9-5-27-2-1-10(9)23-14-24-13-12(28-6-15(17,18)19)11(8-3-21-22-4-8)20-7-26(13)25-14/h3-4,7,9-10H,1-2,5-6H2,(H,21,22)(H,23,25)/t9-,10?/m0/s1. The van der Waals surface area contributed by atoms with Gasteiger partial charge in [0.25, 0.3) is 0 Å². The SMILES string of the molecule is F[C@H]1COCCC1Nc1nc2c(OCC(F)(F)F)c(-c3cn[nH]c3)ncn2n1. The van der Waals surface area contributed by atoms with E-state index < -0.39 is 25.0 Å². The molecule has 4 heterocycles. The van der Waals surface area contributed by atoms with Crippen molar-refractivity contribution < 1.29 is 27.0 Å². The largest absolute Gasteiger partial charge is 0.478 e. The van der Waals surface area contributed by atoms with E-state index in [4.69, 9.17) is 9.47 Å². The van der Waals surface area contributed by atoms with Crippen LogP contribution in [0.2, 0.25) is 0 Å². The number of hydrogen-bond acceptors (Lipinski definition) is 7. The molecule has 0 amide bonds. The average Bonchev–Trinajstić information content (AvgIpc) is 3.30. The molecule has 0 bridgehead atoms. The number of alkyl halides is 4. The molecule has 1 unspecified atom stereocenters. The molecule has 0 aliphatic carbocycles. The lowest BCUT2D eigenvalue weighted by molar-refractivity contribution is -0.153. The zero-order valence-electron chi connectivity index (χ0n) is 14.3. The Hall–Kier alpha value is -2.96. The van der Waals surface area contributed by atoms with Crippen molar-refractivity contribution in [1.82, 2.24) is 29.8 Å². The lowest BCUT2D eigenvalue weighted by atomic mass is 10.1. The Balaban J connectivity index is 1.70. The number of fused-ring (bicyclic) bond motifs is 1. The predicted molar refractivity (Wildman–Crippen MR) is 87.7 cm³/mol. The second-order valence-corrected chi connectivity index (χ2v) is 6.15. The molecule has 1 saturated heterocycles. The van der Waals surface area contributed by atoms with E-state index in [2.05, 4.69) is 30.6 Å². The first-order valence-electron chi connectivity index (χ1n) is 8.33. The molecule has 28 heavy (non-hydrogen) atoms. The fourth-order valence-corrected chi connectivity index (χ4v) is 2.80. The van der Waals surface area contributed by atoms with Crippen LogP contribution in [-0.2, 0) is 4.74 Å². The normalized spacial score (nSPS) is 20.4. The van der Waals surface area contributed by atoms with Crippen molar-refractivity contribution in [1.29, 1.82) is 0 Å². The van der Waals surface area contributed by atoms with E-state index in [-0.39, 0.29) is 29.6 Å². The van der Waals surface area contributed by atoms with Gasteiger partial charge in [-0.05, 0) is 6.42 Å². The van der Waals surface area contributed by atoms with Gasteiger partial charge in [-0.1, -0.05) is 0 Å². The number of nitrogens with one attached hydrogen (secondary N) is 2. The quantitative estimate of drug-likeness (QED) is 0.631. The van der Waals surface area contributed by atoms with Crippen molar-refractivity contribution in [3.8, 4) is 17.0 Å². The van der Waals surface area contributed by atoms with Crippen LogP contribution in [0.1, 0.15) is 6.42 Å². The first-order valence-corrected chi connectivity index (χ1v) is 8.33. The summed E-state index contributed by atoms with van der Waals surface area (Å²) in [6, 6.07) is -0.563. The number of anilines is 1. The number of H-pyrrole nitrogens is 1. The van der Waals surface area contributed by atoms with Crippen molar-refractivity contribution in [2.45, 2.75) is 24.8 Å². The molecule has 3 aromatic rings. The van der Waals surface area contributed by atoms with Crippen LogP contribution in [0, 0.1) is 0 Å². The molecule has 0 spiro atoms. The van der Waals surface area contributed by atoms with Gasteiger partial charge < -0.3 is 14.8 Å². The maximum atomic E-state index is 13.9. The lowest BCUT2D eigenvalue weighted by Crippen LogP contribution is -2.39. The van der Waals surface area contributed by atoms with Crippen LogP contribution in [0.25, 0.3) is 16.9 Å². The molecular formula is C15H15F4N7O2. The molecule has 1 fully saturated rings. The van der Waals surface area contributed by atoms with Crippen LogP contribution in [0.5, 0.6) is 5.75 Å². The highest BCUT2D eigenvalue weighted by Crippen LogP contribution is 2.32. The molecule has 4 rings (SSSR count). The minimum Gasteiger partial charge on any atom is -0.478 e. The van der Waals surface area contributed by atoms with E-state index in [9.17, 15) is 17.6 Å². The monoisotopic (exact) mass is 401 g/mol. The molecule has 13 heteroatoms. The summed E-state index contributed by atoms with van der Waals surface area (Å²) in [5, 5.41) is 13.3. The molecule has 0 aromatic carbocycles. The number of halogens is 4. The van der Waals surface area contributed by atoms with Gasteiger partial charge in [0, 0.05) is 18.4 Å². The fourth-order valence-electron chi connectivity index (χ4n) is 2.80. The zero-order chi connectivity index (χ0) is 19.7. The van der Waals surface area contributed by atoms with Crippen molar-refractivity contribution in [3.63, 3.8) is 0 Å². The first kappa shape index (κ1) is 18.4. The van der Waals surface area contributed by atoms with Crippen molar-refractivity contribution >= 4 is 11.6 Å². The molecule has 2 atom stereocenters. The average molecular weight is 401 g/mol. The predicted octanol–water partition coefficient (Wildman–Crippen LogP) is 1.99. The second kappa shape index (κ2) is 7.22. The molecule has 0 radical (unpaired) electrons. The summed E-state index contributed by atoms with van der Waals surface area (Å²) in [5.74, 6) is -0.150. The number of ether oxygens (including phenoxy) is 2. The third-order valence-corrected chi connectivity index (χ3v) is 4.10. The van der Waals surface area contributed by atoms with Gasteiger partial charge in [-0.15, -0.1) is 5.10 Å². The van der Waals surface area contributed by atoms with E-state index in [1.165, 1.54) is 23.2 Å². The molecule has 150 valence electrons. The van der Waals surface area contributed by atoms with Crippen LogP contribution in [0.15, 0.2) is 18.7 Å². The topological polar surface area (TPSA) is 102 Å². The summed E-state index contributed by atoms with van der Waals surface area (Å²) in [4.78, 5) is 8.29. The van der Waals surface area contributed by atoms with Gasteiger partial charge in [0.1, 0.15) is 18.2 Å². The molecule has 9 nitrogen and oxygen atoms in total. The summed E-state index contributed by atoms with van der Waals surface area (Å²) in [6.07, 6.45) is -1.25. The van der Waals surface area contributed by atoms with Crippen LogP contribution >= 0.6 is 0 Å². The van der Waals surface area contributed by atoms with Gasteiger partial charge in [-0.25, -0.2) is 9.37 Å². The Labute approximate surface area is 155 Å². The zero-order valence-corrected chi connectivity index (χ0v) is 14.3. The second-order valence-electron chi connectivity index (χ2n) is 6.15. The van der Waals surface area contributed by atoms with Gasteiger partial charge in [0.05, 0.1) is 18.8 Å². The summed E-state index contributed by atoms with van der Waals surface area (Å²) < 4.78 is 63.3. The van der Waals surface area contributed by atoms with Crippen molar-refractivity contribution in [2.24, 2.45) is 0 Å². The highest BCUT2D eigenvalue weighted by Gasteiger charge is 2.31. The summed E-state index contributed by atoms with van der Waals surface area (Å²) in [6.45, 7) is -1.18. The van der Waals surface area contributed by atoms with E-state index in [0.29, 0.717) is 18.6 Å². The van der Waals surface area contributed by atoms with Gasteiger partial charge in [-0.3, -0.25) is 5.10 Å². The Kier molecular flexibility index (Phi) is 4.75. The third-order valence-electron chi connectivity index (χ3n) is 4.10. The number of rotatable bonds is 5. The Morgan fingerprint density at radius 1 is 1.39 bits per heavy atom. The Morgan fingerprint density at radius 2 is 2.25 bits per heavy atom. The van der Waals surface area contributed by atoms with Gasteiger partial charge in [-0.2, -0.15) is 27.8 Å². The van der Waals surface area contributed by atoms with E-state index >= 15 is 0 Å². The van der Waals surface area contributed by atoms with Gasteiger partial charge >= 0.3 is 6.18 Å². The maximum Gasteiger partial charge on any atom is 0.422 e. The molecular weight excluding hydrogens is 386 g/mol. The molecule has 2 N–H and O–H groups in total. The first-order chi connectivity index (χ1) is 13.4.